The van der Waals surface area contributed by atoms with E-state index in [1.165, 1.54) is 10.0 Å². The van der Waals surface area contributed by atoms with Crippen molar-refractivity contribution in [3.05, 3.63) is 76.3 Å². The molecule has 3 rings (SSSR count). The van der Waals surface area contributed by atoms with Gasteiger partial charge in [0.25, 0.3) is 0 Å². The normalized spacial score (nSPS) is 20.7. The summed E-state index contributed by atoms with van der Waals surface area (Å²) in [6.45, 7) is 2.26. The Hall–Kier alpha value is -1.31. The average molecular weight is 407 g/mol. The van der Waals surface area contributed by atoms with Crippen LogP contribution in [-0.2, 0) is 18.9 Å². The second kappa shape index (κ2) is 8.18. The Bertz CT molecular complexity index is 744. The summed E-state index contributed by atoms with van der Waals surface area (Å²) in [6, 6.07) is 20.4. The molecule has 0 fully saturated rings. The standard InChI is InChI=1S/C19H21O3PSe/c1-2-21-23(20)14-13-18(24-15-16-9-5-3-6-10-16)19(22-23)17-11-7-4-8-12-17/h3-12H,2,13-15H2,1H3. The van der Waals surface area contributed by atoms with Crippen LogP contribution in [0.5, 0.6) is 0 Å². The van der Waals surface area contributed by atoms with E-state index in [2.05, 4.69) is 24.3 Å². The Morgan fingerprint density at radius 1 is 1.08 bits per heavy atom. The van der Waals surface area contributed by atoms with Crippen LogP contribution in [0.2, 0.25) is 0 Å². The molecule has 3 nitrogen and oxygen atoms in total. The monoisotopic (exact) mass is 408 g/mol. The second-order valence-corrected chi connectivity index (χ2v) is 9.84. The maximum atomic E-state index is 12.8. The van der Waals surface area contributed by atoms with Crippen LogP contribution < -0.4 is 0 Å². The average Bonchev–Trinajstić information content (AvgIpc) is 2.62. The van der Waals surface area contributed by atoms with E-state index in [1.807, 2.05) is 43.3 Å². The maximum absolute atomic E-state index is 12.8. The fourth-order valence-corrected chi connectivity index (χ4v) is 6.94. The van der Waals surface area contributed by atoms with Gasteiger partial charge in [-0.25, -0.2) is 0 Å². The van der Waals surface area contributed by atoms with Crippen molar-refractivity contribution in [2.75, 3.05) is 12.8 Å². The first-order chi connectivity index (χ1) is 11.7. The van der Waals surface area contributed by atoms with E-state index in [0.29, 0.717) is 12.8 Å². The minimum atomic E-state index is -3.02. The molecule has 2 aromatic carbocycles. The SMILES string of the molecule is CCOP1(=O)CCC([Se]Cc2ccccc2)=C(c2ccccc2)O1. The molecule has 5 heteroatoms. The van der Waals surface area contributed by atoms with Gasteiger partial charge in [-0.1, -0.05) is 0 Å². The van der Waals surface area contributed by atoms with Crippen LogP contribution in [0, 0.1) is 0 Å². The van der Waals surface area contributed by atoms with Gasteiger partial charge in [0.1, 0.15) is 0 Å². The van der Waals surface area contributed by atoms with Gasteiger partial charge in [0.2, 0.25) is 0 Å². The third-order valence-corrected chi connectivity index (χ3v) is 8.15. The van der Waals surface area contributed by atoms with E-state index >= 15 is 0 Å². The molecule has 24 heavy (non-hydrogen) atoms. The molecule has 1 aliphatic heterocycles. The van der Waals surface area contributed by atoms with Crippen molar-refractivity contribution in [2.45, 2.75) is 18.7 Å². The number of benzene rings is 2. The summed E-state index contributed by atoms with van der Waals surface area (Å²) < 4.78 is 25.4. The Morgan fingerprint density at radius 2 is 1.75 bits per heavy atom. The zero-order valence-corrected chi connectivity index (χ0v) is 16.3. The quantitative estimate of drug-likeness (QED) is 0.504. The van der Waals surface area contributed by atoms with Gasteiger partial charge in [-0.15, -0.1) is 0 Å². The van der Waals surface area contributed by atoms with E-state index < -0.39 is 7.60 Å². The van der Waals surface area contributed by atoms with Crippen molar-refractivity contribution in [3.63, 3.8) is 0 Å². The summed E-state index contributed by atoms with van der Waals surface area (Å²) in [5, 5.41) is 1.02. The molecule has 126 valence electrons. The molecule has 0 aliphatic carbocycles. The molecule has 0 spiro atoms. The van der Waals surface area contributed by atoms with Crippen molar-refractivity contribution < 1.29 is 13.6 Å². The van der Waals surface area contributed by atoms with Gasteiger partial charge in [-0.05, 0) is 0 Å². The van der Waals surface area contributed by atoms with Crippen molar-refractivity contribution in [3.8, 4) is 0 Å². The summed E-state index contributed by atoms with van der Waals surface area (Å²) in [7, 11) is -3.02. The van der Waals surface area contributed by atoms with Crippen molar-refractivity contribution in [1.29, 1.82) is 0 Å². The number of allylic oxidation sites excluding steroid dienone is 1. The van der Waals surface area contributed by atoms with Crippen LogP contribution >= 0.6 is 7.60 Å². The predicted molar refractivity (Wildman–Crippen MR) is 99.1 cm³/mol. The number of hydrogen-bond acceptors (Lipinski definition) is 3. The Labute approximate surface area is 149 Å². The number of rotatable bonds is 6. The van der Waals surface area contributed by atoms with E-state index in [-0.39, 0.29) is 15.0 Å². The van der Waals surface area contributed by atoms with Crippen molar-refractivity contribution in [2.24, 2.45) is 0 Å². The van der Waals surface area contributed by atoms with Crippen LogP contribution in [0.25, 0.3) is 5.76 Å². The van der Waals surface area contributed by atoms with Gasteiger partial charge >= 0.3 is 150 Å². The zero-order valence-electron chi connectivity index (χ0n) is 13.7. The van der Waals surface area contributed by atoms with E-state index in [9.17, 15) is 4.57 Å². The summed E-state index contributed by atoms with van der Waals surface area (Å²) >= 11 is 0.268. The van der Waals surface area contributed by atoms with Gasteiger partial charge in [-0.2, -0.15) is 0 Å². The third kappa shape index (κ3) is 4.40. The first-order valence-corrected chi connectivity index (χ1v) is 11.9. The van der Waals surface area contributed by atoms with E-state index in [0.717, 1.165) is 23.1 Å². The first-order valence-electron chi connectivity index (χ1n) is 8.09. The molecule has 0 N–H and O–H groups in total. The third-order valence-electron chi connectivity index (χ3n) is 3.71. The predicted octanol–water partition coefficient (Wildman–Crippen LogP) is 4.91. The van der Waals surface area contributed by atoms with Gasteiger partial charge < -0.3 is 0 Å². The molecule has 0 radical (unpaired) electrons. The molecule has 1 aliphatic rings. The van der Waals surface area contributed by atoms with Gasteiger partial charge in [0.15, 0.2) is 0 Å². The second-order valence-electron chi connectivity index (χ2n) is 5.49. The summed E-state index contributed by atoms with van der Waals surface area (Å²) in [5.41, 5.74) is 2.32. The zero-order chi connectivity index (χ0) is 16.8. The Kier molecular flexibility index (Phi) is 5.97. The van der Waals surface area contributed by atoms with Crippen LogP contribution in [0.1, 0.15) is 24.5 Å². The Morgan fingerprint density at radius 3 is 2.42 bits per heavy atom. The minimum absolute atomic E-state index is 0.268. The summed E-state index contributed by atoms with van der Waals surface area (Å²) in [4.78, 5) is 0. The molecule has 0 saturated carbocycles. The molecule has 0 amide bonds. The van der Waals surface area contributed by atoms with Crippen LogP contribution in [0.4, 0.5) is 0 Å². The van der Waals surface area contributed by atoms with E-state index in [4.69, 9.17) is 9.05 Å². The molecule has 1 heterocycles. The summed E-state index contributed by atoms with van der Waals surface area (Å²) in [5.74, 6) is 0.773. The first kappa shape index (κ1) is 17.5. The Balaban J connectivity index is 1.86. The molecule has 0 aromatic heterocycles. The van der Waals surface area contributed by atoms with Crippen molar-refractivity contribution in [1.82, 2.24) is 0 Å². The van der Waals surface area contributed by atoms with Crippen molar-refractivity contribution >= 4 is 28.3 Å². The fraction of sp³-hybridized carbons (Fsp3) is 0.263. The molecule has 1 unspecified atom stereocenters. The topological polar surface area (TPSA) is 35.5 Å². The van der Waals surface area contributed by atoms with Crippen LogP contribution in [0.3, 0.4) is 0 Å². The fourth-order valence-electron chi connectivity index (χ4n) is 2.56. The number of hydrogen-bond donors (Lipinski definition) is 0. The van der Waals surface area contributed by atoms with Gasteiger partial charge in [0, 0.05) is 0 Å². The van der Waals surface area contributed by atoms with Gasteiger partial charge in [0.05, 0.1) is 0 Å². The van der Waals surface area contributed by atoms with E-state index in [1.54, 1.807) is 0 Å². The molecular formula is C19H21O3PSe. The molecule has 2 aromatic rings. The molecule has 0 saturated heterocycles. The van der Waals surface area contributed by atoms with Gasteiger partial charge in [-0.3, -0.25) is 0 Å². The summed E-state index contributed by atoms with van der Waals surface area (Å²) in [6.07, 6.45) is 1.26. The molecular weight excluding hydrogens is 386 g/mol. The molecule has 0 bridgehead atoms. The van der Waals surface area contributed by atoms with Crippen LogP contribution in [-0.4, -0.2) is 27.7 Å². The van der Waals surface area contributed by atoms with Crippen LogP contribution in [0.15, 0.2) is 65.1 Å². The molecule has 1 atom stereocenters.